The number of anilines is 2. The molecule has 10 heteroatoms. The first kappa shape index (κ1) is 24.3. The minimum atomic E-state index is -0.435. The largest absolute Gasteiger partial charge is 0.494 e. The second kappa shape index (κ2) is 10.0. The molecule has 2 N–H and O–H groups in total. The van der Waals surface area contributed by atoms with Gasteiger partial charge in [-0.05, 0) is 48.9 Å². The second-order valence-electron chi connectivity index (χ2n) is 9.76. The van der Waals surface area contributed by atoms with E-state index in [1.54, 1.807) is 30.7 Å². The van der Waals surface area contributed by atoms with Gasteiger partial charge in [-0.25, -0.2) is 14.4 Å². The van der Waals surface area contributed by atoms with Crippen LogP contribution in [0.3, 0.4) is 0 Å². The lowest BCUT2D eigenvalue weighted by Crippen LogP contribution is -2.62. The molecular formula is C28H30FN7O2. The minimum absolute atomic E-state index is 0.0743. The summed E-state index contributed by atoms with van der Waals surface area (Å²) >= 11 is 0. The van der Waals surface area contributed by atoms with Crippen molar-refractivity contribution in [1.82, 2.24) is 29.5 Å². The SMILES string of the molecule is COc1ccc(-c2cnc3c(Nc4ccc(C(=O)N5CCN(C6CNC6)CC5)c(C)c4)nccn23)cc1F. The maximum atomic E-state index is 14.3. The third-order valence-electron chi connectivity index (χ3n) is 7.47. The Kier molecular flexibility index (Phi) is 6.42. The Balaban J connectivity index is 1.19. The first-order valence-electron chi connectivity index (χ1n) is 12.8. The van der Waals surface area contributed by atoms with Crippen molar-refractivity contribution in [3.05, 3.63) is 71.9 Å². The number of aromatic nitrogens is 3. The molecule has 4 heterocycles. The third-order valence-corrected chi connectivity index (χ3v) is 7.47. The van der Waals surface area contributed by atoms with E-state index in [4.69, 9.17) is 4.74 Å². The zero-order chi connectivity index (χ0) is 26.2. The number of carbonyl (C=O) groups excluding carboxylic acids is 1. The van der Waals surface area contributed by atoms with Crippen LogP contribution in [-0.2, 0) is 0 Å². The molecule has 4 aromatic rings. The van der Waals surface area contributed by atoms with E-state index in [9.17, 15) is 9.18 Å². The van der Waals surface area contributed by atoms with Crippen molar-refractivity contribution in [2.75, 3.05) is 51.7 Å². The molecule has 2 aliphatic rings. The van der Waals surface area contributed by atoms with Gasteiger partial charge in [0.2, 0.25) is 0 Å². The number of amides is 1. The predicted octanol–water partition coefficient (Wildman–Crippen LogP) is 3.33. The number of halogens is 1. The van der Waals surface area contributed by atoms with E-state index in [-0.39, 0.29) is 11.7 Å². The van der Waals surface area contributed by atoms with Crippen LogP contribution in [0.4, 0.5) is 15.9 Å². The minimum Gasteiger partial charge on any atom is -0.494 e. The Hall–Kier alpha value is -4.02. The number of ether oxygens (including phenoxy) is 1. The van der Waals surface area contributed by atoms with Crippen molar-refractivity contribution in [2.24, 2.45) is 0 Å². The predicted molar refractivity (Wildman–Crippen MR) is 144 cm³/mol. The summed E-state index contributed by atoms with van der Waals surface area (Å²) in [4.78, 5) is 26.7. The van der Waals surface area contributed by atoms with Gasteiger partial charge in [-0.3, -0.25) is 14.1 Å². The van der Waals surface area contributed by atoms with Crippen LogP contribution in [0.2, 0.25) is 0 Å². The highest BCUT2D eigenvalue weighted by Gasteiger charge is 2.29. The molecule has 196 valence electrons. The van der Waals surface area contributed by atoms with Gasteiger partial charge in [-0.15, -0.1) is 0 Å². The number of imidazole rings is 1. The van der Waals surface area contributed by atoms with Gasteiger partial charge in [0.15, 0.2) is 23.0 Å². The average molecular weight is 516 g/mol. The Morgan fingerprint density at radius 3 is 2.61 bits per heavy atom. The van der Waals surface area contributed by atoms with E-state index in [1.807, 2.05) is 34.4 Å². The summed E-state index contributed by atoms with van der Waals surface area (Å²) in [6.07, 6.45) is 5.15. The number of fused-ring (bicyclic) bond motifs is 1. The van der Waals surface area contributed by atoms with E-state index in [0.29, 0.717) is 28.6 Å². The Morgan fingerprint density at radius 2 is 1.92 bits per heavy atom. The summed E-state index contributed by atoms with van der Waals surface area (Å²) in [6, 6.07) is 11.2. The molecule has 2 aliphatic heterocycles. The van der Waals surface area contributed by atoms with Crippen LogP contribution in [0.25, 0.3) is 16.9 Å². The van der Waals surface area contributed by atoms with Gasteiger partial charge in [-0.1, -0.05) is 0 Å². The Bertz CT molecular complexity index is 1490. The summed E-state index contributed by atoms with van der Waals surface area (Å²) in [6.45, 7) is 7.38. The van der Waals surface area contributed by atoms with Crippen LogP contribution in [0, 0.1) is 12.7 Å². The van der Waals surface area contributed by atoms with E-state index in [2.05, 4.69) is 25.5 Å². The fourth-order valence-corrected chi connectivity index (χ4v) is 5.16. The van der Waals surface area contributed by atoms with Crippen LogP contribution in [0.1, 0.15) is 15.9 Å². The average Bonchev–Trinajstić information content (AvgIpc) is 3.33. The lowest BCUT2D eigenvalue weighted by Gasteiger charge is -2.43. The number of hydrogen-bond acceptors (Lipinski definition) is 7. The Labute approximate surface area is 220 Å². The summed E-state index contributed by atoms with van der Waals surface area (Å²) < 4.78 is 21.2. The molecule has 1 amide bonds. The molecule has 2 aromatic carbocycles. The van der Waals surface area contributed by atoms with Crippen molar-refractivity contribution in [3.63, 3.8) is 0 Å². The normalized spacial score (nSPS) is 16.4. The number of piperazine rings is 1. The van der Waals surface area contributed by atoms with Crippen LogP contribution in [0.5, 0.6) is 5.75 Å². The number of rotatable bonds is 6. The first-order valence-corrected chi connectivity index (χ1v) is 12.8. The van der Waals surface area contributed by atoms with Gasteiger partial charge in [0.25, 0.3) is 5.91 Å². The van der Waals surface area contributed by atoms with Gasteiger partial charge < -0.3 is 20.3 Å². The maximum Gasteiger partial charge on any atom is 0.254 e. The third kappa shape index (κ3) is 4.46. The van der Waals surface area contributed by atoms with Crippen molar-refractivity contribution in [3.8, 4) is 17.0 Å². The zero-order valence-electron chi connectivity index (χ0n) is 21.4. The van der Waals surface area contributed by atoms with Gasteiger partial charge in [0, 0.05) is 74.5 Å². The molecule has 38 heavy (non-hydrogen) atoms. The highest BCUT2D eigenvalue weighted by atomic mass is 19.1. The fraction of sp³-hybridized carbons (Fsp3) is 0.321. The van der Waals surface area contributed by atoms with Crippen molar-refractivity contribution >= 4 is 23.1 Å². The van der Waals surface area contributed by atoms with Crippen LogP contribution in [0.15, 0.2) is 55.0 Å². The molecule has 0 spiro atoms. The molecule has 6 rings (SSSR count). The Morgan fingerprint density at radius 1 is 1.11 bits per heavy atom. The molecule has 0 aliphatic carbocycles. The molecule has 0 bridgehead atoms. The number of methoxy groups -OCH3 is 1. The number of benzene rings is 2. The maximum absolute atomic E-state index is 14.3. The summed E-state index contributed by atoms with van der Waals surface area (Å²) in [7, 11) is 1.44. The molecule has 2 fully saturated rings. The lowest BCUT2D eigenvalue weighted by atomic mass is 10.1. The molecule has 0 radical (unpaired) electrons. The first-order chi connectivity index (χ1) is 18.5. The second-order valence-corrected chi connectivity index (χ2v) is 9.76. The van der Waals surface area contributed by atoms with Crippen molar-refractivity contribution in [1.29, 1.82) is 0 Å². The smallest absolute Gasteiger partial charge is 0.254 e. The fourth-order valence-electron chi connectivity index (χ4n) is 5.16. The van der Waals surface area contributed by atoms with Crippen LogP contribution in [-0.4, -0.2) is 82.5 Å². The number of aryl methyl sites for hydroxylation is 1. The molecule has 2 aromatic heterocycles. The number of hydrogen-bond donors (Lipinski definition) is 2. The topological polar surface area (TPSA) is 87.0 Å². The molecule has 0 unspecified atom stereocenters. The van der Waals surface area contributed by atoms with E-state index >= 15 is 0 Å². The molecule has 2 saturated heterocycles. The van der Waals surface area contributed by atoms with E-state index < -0.39 is 5.82 Å². The van der Waals surface area contributed by atoms with Gasteiger partial charge in [0.05, 0.1) is 19.0 Å². The molecule has 0 saturated carbocycles. The van der Waals surface area contributed by atoms with E-state index in [1.165, 1.54) is 13.2 Å². The summed E-state index contributed by atoms with van der Waals surface area (Å²) in [5.41, 5.74) is 4.44. The van der Waals surface area contributed by atoms with Crippen LogP contribution >= 0.6 is 0 Å². The van der Waals surface area contributed by atoms with Gasteiger partial charge in [-0.2, -0.15) is 0 Å². The number of carbonyl (C=O) groups is 1. The number of nitrogens with one attached hydrogen (secondary N) is 2. The summed E-state index contributed by atoms with van der Waals surface area (Å²) in [5, 5.41) is 6.65. The summed E-state index contributed by atoms with van der Waals surface area (Å²) in [5.74, 6) is 0.394. The zero-order valence-corrected chi connectivity index (χ0v) is 21.4. The van der Waals surface area contributed by atoms with Crippen molar-refractivity contribution < 1.29 is 13.9 Å². The van der Waals surface area contributed by atoms with Gasteiger partial charge in [0.1, 0.15) is 0 Å². The molecule has 9 nitrogen and oxygen atoms in total. The van der Waals surface area contributed by atoms with E-state index in [0.717, 1.165) is 56.2 Å². The monoisotopic (exact) mass is 515 g/mol. The molecular weight excluding hydrogens is 485 g/mol. The standard InChI is InChI=1S/C28H30FN7O2/c1-18-13-20(4-5-22(18)28(37)35-11-9-34(10-12-35)21-15-30-16-21)33-26-27-32-17-24(36(27)8-7-31-26)19-3-6-25(38-2)23(29)14-19/h3-8,13-14,17,21,30H,9-12,15-16H2,1-2H3,(H,31,33). The number of nitrogens with zero attached hydrogens (tertiary/aromatic N) is 5. The lowest BCUT2D eigenvalue weighted by molar-refractivity contribution is 0.0501. The van der Waals surface area contributed by atoms with Crippen LogP contribution < -0.4 is 15.4 Å². The highest BCUT2D eigenvalue weighted by Crippen LogP contribution is 2.29. The quantitative estimate of drug-likeness (QED) is 0.407. The highest BCUT2D eigenvalue weighted by molar-refractivity contribution is 5.96. The van der Waals surface area contributed by atoms with Gasteiger partial charge >= 0.3 is 0 Å². The van der Waals surface area contributed by atoms with Crippen molar-refractivity contribution in [2.45, 2.75) is 13.0 Å². The molecule has 0 atom stereocenters.